The van der Waals surface area contributed by atoms with Crippen molar-refractivity contribution in [3.63, 3.8) is 0 Å². The summed E-state index contributed by atoms with van der Waals surface area (Å²) in [6.45, 7) is 4.34. The smallest absolute Gasteiger partial charge is 0.222 e. The number of nitrogens with one attached hydrogen (secondary N) is 1. The molecule has 3 aromatic rings. The molecular formula is C20H23N7O. The van der Waals surface area contributed by atoms with E-state index >= 15 is 0 Å². The summed E-state index contributed by atoms with van der Waals surface area (Å²) in [6, 6.07) is 3.95. The first-order valence-electron chi connectivity index (χ1n) is 9.34. The monoisotopic (exact) mass is 377 g/mol. The highest BCUT2D eigenvalue weighted by Gasteiger charge is 2.52. The van der Waals surface area contributed by atoms with Crippen LogP contribution in [0.4, 0.5) is 17.3 Å². The topological polar surface area (TPSA) is 88.8 Å². The Morgan fingerprint density at radius 1 is 1.25 bits per heavy atom. The Labute approximate surface area is 164 Å². The number of aryl methyl sites for hydroxylation is 2. The van der Waals surface area contributed by atoms with Gasteiger partial charge in [-0.3, -0.25) is 9.48 Å². The van der Waals surface area contributed by atoms with Crippen LogP contribution in [-0.4, -0.2) is 37.2 Å². The second kappa shape index (κ2) is 5.85. The van der Waals surface area contributed by atoms with Gasteiger partial charge in [-0.2, -0.15) is 5.10 Å². The highest BCUT2D eigenvalue weighted by Crippen LogP contribution is 2.58. The van der Waals surface area contributed by atoms with Crippen LogP contribution < -0.4 is 10.2 Å². The Morgan fingerprint density at radius 2 is 2.07 bits per heavy atom. The Kier molecular flexibility index (Phi) is 3.52. The summed E-state index contributed by atoms with van der Waals surface area (Å²) in [5.41, 5.74) is 4.25. The van der Waals surface area contributed by atoms with Crippen molar-refractivity contribution in [2.45, 2.75) is 32.1 Å². The summed E-state index contributed by atoms with van der Waals surface area (Å²) in [6.07, 6.45) is 7.90. The summed E-state index contributed by atoms with van der Waals surface area (Å²) in [5, 5.41) is 7.02. The quantitative estimate of drug-likeness (QED) is 0.755. The van der Waals surface area contributed by atoms with Crippen molar-refractivity contribution < 1.29 is 6.22 Å². The van der Waals surface area contributed by atoms with E-state index in [1.807, 2.05) is 38.5 Å². The summed E-state index contributed by atoms with van der Waals surface area (Å²) in [4.78, 5) is 27.6. The van der Waals surface area contributed by atoms with E-state index in [0.717, 1.165) is 42.1 Å². The minimum atomic E-state index is -0.130. The molecule has 1 aliphatic carbocycles. The first-order valence-corrected chi connectivity index (χ1v) is 9.34. The molecule has 1 saturated carbocycles. The molecule has 0 radical (unpaired) electrons. The summed E-state index contributed by atoms with van der Waals surface area (Å²) in [5.74, 6) is 1.95. The SMILES string of the molecule is CC(=O)Nc1cc2c(cn1)C1(CC1)CN2c1cc(C)nc(-c2cnn(C)c2)n1.[HH]. The van der Waals surface area contributed by atoms with E-state index in [1.165, 1.54) is 12.5 Å². The number of nitrogens with zero attached hydrogens (tertiary/aromatic N) is 6. The molecular weight excluding hydrogens is 354 g/mol. The molecule has 144 valence electrons. The number of hydrogen-bond donors (Lipinski definition) is 1. The lowest BCUT2D eigenvalue weighted by Crippen LogP contribution is -2.20. The third-order valence-corrected chi connectivity index (χ3v) is 5.44. The zero-order valence-corrected chi connectivity index (χ0v) is 16.1. The van der Waals surface area contributed by atoms with E-state index in [1.54, 1.807) is 10.9 Å². The molecule has 3 aromatic heterocycles. The highest BCUT2D eigenvalue weighted by atomic mass is 16.1. The molecule has 1 fully saturated rings. The van der Waals surface area contributed by atoms with Gasteiger partial charge in [-0.15, -0.1) is 0 Å². The number of amides is 1. The summed E-state index contributed by atoms with van der Waals surface area (Å²) >= 11 is 0. The fourth-order valence-corrected chi connectivity index (χ4v) is 3.94. The summed E-state index contributed by atoms with van der Waals surface area (Å²) < 4.78 is 1.75. The zero-order valence-electron chi connectivity index (χ0n) is 16.1. The Balaban J connectivity index is 0.00000205. The minimum absolute atomic E-state index is 0. The normalized spacial score (nSPS) is 16.3. The predicted octanol–water partition coefficient (Wildman–Crippen LogP) is 2.97. The number of carbonyl (C=O) groups is 1. The van der Waals surface area contributed by atoms with Crippen LogP contribution in [0.3, 0.4) is 0 Å². The molecule has 1 aliphatic heterocycles. The van der Waals surface area contributed by atoms with E-state index in [2.05, 4.69) is 25.3 Å². The van der Waals surface area contributed by atoms with Gasteiger partial charge in [0.2, 0.25) is 5.91 Å². The molecule has 0 saturated heterocycles. The van der Waals surface area contributed by atoms with Crippen LogP contribution >= 0.6 is 0 Å². The predicted molar refractivity (Wildman–Crippen MR) is 108 cm³/mol. The van der Waals surface area contributed by atoms with E-state index in [-0.39, 0.29) is 12.7 Å². The molecule has 2 aliphatic rings. The van der Waals surface area contributed by atoms with E-state index < -0.39 is 0 Å². The molecule has 1 spiro atoms. The van der Waals surface area contributed by atoms with Gasteiger partial charge in [0, 0.05) is 63.1 Å². The first-order chi connectivity index (χ1) is 13.4. The fourth-order valence-electron chi connectivity index (χ4n) is 3.94. The minimum Gasteiger partial charge on any atom is -0.325 e. The second-order valence-electron chi connectivity index (χ2n) is 7.73. The van der Waals surface area contributed by atoms with Crippen LogP contribution in [0.5, 0.6) is 0 Å². The standard InChI is InChI=1S/C20H21N7O.H2/c1-12-6-18(25-19(23-12)14-8-22-26(3)10-14)27-11-20(4-5-20)15-9-21-17(7-16(15)27)24-13(2)28;/h6-10H,4-5,11H2,1-3H3,(H,21,24,28);1H. The van der Waals surface area contributed by atoms with Crippen LogP contribution in [0.2, 0.25) is 0 Å². The maximum absolute atomic E-state index is 11.5. The van der Waals surface area contributed by atoms with Crippen LogP contribution in [0.15, 0.2) is 30.7 Å². The van der Waals surface area contributed by atoms with E-state index in [4.69, 9.17) is 4.98 Å². The van der Waals surface area contributed by atoms with Gasteiger partial charge in [0.05, 0.1) is 17.4 Å². The van der Waals surface area contributed by atoms with E-state index in [0.29, 0.717) is 11.6 Å². The molecule has 0 aromatic carbocycles. The van der Waals surface area contributed by atoms with E-state index in [9.17, 15) is 4.79 Å². The van der Waals surface area contributed by atoms with Crippen molar-refractivity contribution in [1.82, 2.24) is 24.7 Å². The van der Waals surface area contributed by atoms with Gasteiger partial charge in [0.1, 0.15) is 11.6 Å². The third kappa shape index (κ3) is 2.72. The molecule has 1 amide bonds. The van der Waals surface area contributed by atoms with Gasteiger partial charge in [0.15, 0.2) is 5.82 Å². The molecule has 4 heterocycles. The Morgan fingerprint density at radius 3 is 2.75 bits per heavy atom. The van der Waals surface area contributed by atoms with Crippen molar-refractivity contribution in [1.29, 1.82) is 0 Å². The number of pyridine rings is 1. The van der Waals surface area contributed by atoms with Crippen LogP contribution in [-0.2, 0) is 17.3 Å². The molecule has 8 heteroatoms. The van der Waals surface area contributed by atoms with Crippen LogP contribution in [0.25, 0.3) is 11.4 Å². The van der Waals surface area contributed by atoms with Crippen molar-refractivity contribution in [3.8, 4) is 11.4 Å². The zero-order chi connectivity index (χ0) is 19.5. The largest absolute Gasteiger partial charge is 0.325 e. The first kappa shape index (κ1) is 16.9. The molecule has 0 unspecified atom stereocenters. The molecule has 28 heavy (non-hydrogen) atoms. The molecule has 8 nitrogen and oxygen atoms in total. The lowest BCUT2D eigenvalue weighted by Gasteiger charge is -2.20. The van der Waals surface area contributed by atoms with Crippen LogP contribution in [0, 0.1) is 6.92 Å². The third-order valence-electron chi connectivity index (χ3n) is 5.44. The summed E-state index contributed by atoms with van der Waals surface area (Å²) in [7, 11) is 1.88. The lowest BCUT2D eigenvalue weighted by molar-refractivity contribution is -0.114. The number of fused-ring (bicyclic) bond motifs is 2. The molecule has 0 atom stereocenters. The number of aromatic nitrogens is 5. The van der Waals surface area contributed by atoms with Gasteiger partial charge >= 0.3 is 0 Å². The van der Waals surface area contributed by atoms with Gasteiger partial charge < -0.3 is 10.2 Å². The maximum Gasteiger partial charge on any atom is 0.222 e. The number of hydrogen-bond acceptors (Lipinski definition) is 6. The van der Waals surface area contributed by atoms with Crippen molar-refractivity contribution in [2.24, 2.45) is 7.05 Å². The van der Waals surface area contributed by atoms with Crippen molar-refractivity contribution >= 4 is 23.2 Å². The molecule has 0 bridgehead atoms. The van der Waals surface area contributed by atoms with Gasteiger partial charge in [0.25, 0.3) is 0 Å². The Hall–Kier alpha value is -3.29. The second-order valence-corrected chi connectivity index (χ2v) is 7.73. The van der Waals surface area contributed by atoms with Gasteiger partial charge in [-0.05, 0) is 19.8 Å². The molecule has 1 N–H and O–H groups in total. The van der Waals surface area contributed by atoms with Crippen molar-refractivity contribution in [2.75, 3.05) is 16.8 Å². The number of rotatable bonds is 3. The fraction of sp³-hybridized carbons (Fsp3) is 0.350. The average molecular weight is 377 g/mol. The van der Waals surface area contributed by atoms with Gasteiger partial charge in [-0.25, -0.2) is 15.0 Å². The Bertz CT molecular complexity index is 1110. The van der Waals surface area contributed by atoms with Gasteiger partial charge in [-0.1, -0.05) is 0 Å². The molecule has 5 rings (SSSR count). The number of carbonyl (C=O) groups excluding carboxylic acids is 1. The van der Waals surface area contributed by atoms with Crippen LogP contribution in [0.1, 0.15) is 32.4 Å². The lowest BCUT2D eigenvalue weighted by atomic mass is 10.0. The average Bonchev–Trinajstić information content (AvgIpc) is 3.17. The maximum atomic E-state index is 11.5. The number of anilines is 3. The highest BCUT2D eigenvalue weighted by molar-refractivity contribution is 5.89. The van der Waals surface area contributed by atoms with Crippen molar-refractivity contribution in [3.05, 3.63) is 42.0 Å².